The van der Waals surface area contributed by atoms with Crippen LogP contribution in [0.5, 0.6) is 5.75 Å². The summed E-state index contributed by atoms with van der Waals surface area (Å²) in [6.45, 7) is -3.06. The molecular formula is C13H13F2N3O2S. The zero-order valence-electron chi connectivity index (χ0n) is 11.1. The van der Waals surface area contributed by atoms with Crippen LogP contribution in [0.1, 0.15) is 5.56 Å². The summed E-state index contributed by atoms with van der Waals surface area (Å²) in [5.74, 6) is 0.546. The molecule has 5 nitrogen and oxygen atoms in total. The zero-order chi connectivity index (χ0) is 15.2. The molecule has 112 valence electrons. The van der Waals surface area contributed by atoms with E-state index in [0.29, 0.717) is 22.2 Å². The van der Waals surface area contributed by atoms with Gasteiger partial charge in [-0.25, -0.2) is 9.97 Å². The van der Waals surface area contributed by atoms with Crippen LogP contribution in [0.3, 0.4) is 0 Å². The molecule has 0 aliphatic carbocycles. The van der Waals surface area contributed by atoms with Crippen LogP contribution in [0.2, 0.25) is 0 Å². The summed E-state index contributed by atoms with van der Waals surface area (Å²) in [7, 11) is 0. The minimum absolute atomic E-state index is 0.0745. The molecule has 0 spiro atoms. The van der Waals surface area contributed by atoms with Gasteiger partial charge in [-0.05, 0) is 30.5 Å². The van der Waals surface area contributed by atoms with E-state index >= 15 is 0 Å². The molecule has 2 N–H and O–H groups in total. The van der Waals surface area contributed by atoms with Gasteiger partial charge < -0.3 is 15.2 Å². The molecule has 0 fully saturated rings. The predicted molar refractivity (Wildman–Crippen MR) is 76.1 cm³/mol. The van der Waals surface area contributed by atoms with E-state index in [-0.39, 0.29) is 12.4 Å². The van der Waals surface area contributed by atoms with Gasteiger partial charge in [-0.15, -0.1) is 0 Å². The highest BCUT2D eigenvalue weighted by Crippen LogP contribution is 2.23. The first-order valence-electron chi connectivity index (χ1n) is 5.95. The van der Waals surface area contributed by atoms with E-state index in [0.717, 1.165) is 0 Å². The van der Waals surface area contributed by atoms with Gasteiger partial charge in [0.05, 0.1) is 6.61 Å². The number of nitrogens with zero attached hydrogens (tertiary/aromatic N) is 2. The number of alkyl halides is 2. The number of aliphatic hydroxyl groups excluding tert-OH is 1. The largest absolute Gasteiger partial charge is 0.435 e. The Morgan fingerprint density at radius 2 is 2.05 bits per heavy atom. The summed E-state index contributed by atoms with van der Waals surface area (Å²) < 4.78 is 28.4. The molecule has 21 heavy (non-hydrogen) atoms. The lowest BCUT2D eigenvalue weighted by Crippen LogP contribution is -2.03. The van der Waals surface area contributed by atoms with E-state index < -0.39 is 6.61 Å². The highest BCUT2D eigenvalue weighted by Gasteiger charge is 2.08. The van der Waals surface area contributed by atoms with Crippen molar-refractivity contribution in [1.82, 2.24) is 9.97 Å². The first-order valence-corrected chi connectivity index (χ1v) is 7.17. The van der Waals surface area contributed by atoms with Crippen LogP contribution in [0.15, 0.2) is 35.6 Å². The summed E-state index contributed by atoms with van der Waals surface area (Å²) in [5.41, 5.74) is 1.18. The lowest BCUT2D eigenvalue weighted by Gasteiger charge is -2.11. The van der Waals surface area contributed by atoms with Gasteiger partial charge in [0.1, 0.15) is 11.6 Å². The van der Waals surface area contributed by atoms with Crippen LogP contribution in [0.25, 0.3) is 0 Å². The highest BCUT2D eigenvalue weighted by atomic mass is 32.2. The Kier molecular flexibility index (Phi) is 5.29. The predicted octanol–water partition coefficient (Wildman–Crippen LogP) is 3.04. The van der Waals surface area contributed by atoms with Gasteiger partial charge in [-0.3, -0.25) is 0 Å². The minimum Gasteiger partial charge on any atom is -0.435 e. The number of nitrogens with one attached hydrogen (secondary N) is 1. The number of aliphatic hydroxyl groups is 1. The van der Waals surface area contributed by atoms with Crippen molar-refractivity contribution in [3.05, 3.63) is 36.0 Å². The van der Waals surface area contributed by atoms with Crippen LogP contribution < -0.4 is 10.1 Å². The Hall–Kier alpha value is -1.93. The maximum absolute atomic E-state index is 12.1. The molecule has 0 atom stereocenters. The summed E-state index contributed by atoms with van der Waals surface area (Å²) in [5, 5.41) is 12.8. The minimum atomic E-state index is -2.85. The van der Waals surface area contributed by atoms with Gasteiger partial charge in [0.15, 0.2) is 5.16 Å². The first kappa shape index (κ1) is 15.5. The van der Waals surface area contributed by atoms with Gasteiger partial charge >= 0.3 is 6.61 Å². The summed E-state index contributed by atoms with van der Waals surface area (Å²) in [6, 6.07) is 6.01. The molecule has 1 aromatic heterocycles. The summed E-state index contributed by atoms with van der Waals surface area (Å²) in [4.78, 5) is 8.32. The molecule has 0 bridgehead atoms. The molecule has 8 heteroatoms. The molecular weight excluding hydrogens is 300 g/mol. The number of benzene rings is 1. The molecule has 0 aliphatic rings. The quantitative estimate of drug-likeness (QED) is 0.631. The van der Waals surface area contributed by atoms with E-state index in [1.807, 2.05) is 6.26 Å². The summed E-state index contributed by atoms with van der Waals surface area (Å²) >= 11 is 1.37. The third kappa shape index (κ3) is 4.27. The number of halogens is 2. The number of anilines is 2. The molecule has 2 aromatic rings. The Labute approximate surface area is 124 Å². The smallest absolute Gasteiger partial charge is 0.387 e. The van der Waals surface area contributed by atoms with Crippen LogP contribution >= 0.6 is 11.8 Å². The molecule has 0 saturated carbocycles. The fourth-order valence-electron chi connectivity index (χ4n) is 1.57. The van der Waals surface area contributed by atoms with Crippen molar-refractivity contribution in [2.45, 2.75) is 18.4 Å². The second kappa shape index (κ2) is 7.19. The average molecular weight is 313 g/mol. The van der Waals surface area contributed by atoms with E-state index in [9.17, 15) is 13.9 Å². The van der Waals surface area contributed by atoms with E-state index in [1.165, 1.54) is 30.1 Å². The Bertz CT molecular complexity index is 596. The number of ether oxygens (including phenoxy) is 1. The Balaban J connectivity index is 2.17. The van der Waals surface area contributed by atoms with Crippen molar-refractivity contribution in [3.63, 3.8) is 0 Å². The number of hydrogen-bond acceptors (Lipinski definition) is 6. The van der Waals surface area contributed by atoms with Gasteiger partial charge in [-0.2, -0.15) is 8.78 Å². The molecule has 0 radical (unpaired) electrons. The van der Waals surface area contributed by atoms with E-state index in [1.54, 1.807) is 12.1 Å². The molecule has 0 aliphatic heterocycles. The maximum atomic E-state index is 12.1. The highest BCUT2D eigenvalue weighted by molar-refractivity contribution is 7.98. The lowest BCUT2D eigenvalue weighted by atomic mass is 10.2. The second-order valence-corrected chi connectivity index (χ2v) is 4.69. The van der Waals surface area contributed by atoms with Gasteiger partial charge in [-0.1, -0.05) is 11.8 Å². The third-order valence-electron chi connectivity index (χ3n) is 2.54. The lowest BCUT2D eigenvalue weighted by molar-refractivity contribution is -0.0498. The van der Waals surface area contributed by atoms with Gasteiger partial charge in [0.25, 0.3) is 0 Å². The average Bonchev–Trinajstić information content (AvgIpc) is 2.48. The Morgan fingerprint density at radius 3 is 2.62 bits per heavy atom. The van der Waals surface area contributed by atoms with Gasteiger partial charge in [0, 0.05) is 17.4 Å². The van der Waals surface area contributed by atoms with Crippen molar-refractivity contribution >= 4 is 23.3 Å². The maximum Gasteiger partial charge on any atom is 0.387 e. The molecule has 0 unspecified atom stereocenters. The topological polar surface area (TPSA) is 67.3 Å². The number of rotatable bonds is 6. The fraction of sp³-hybridized carbons (Fsp3) is 0.231. The third-order valence-corrected chi connectivity index (χ3v) is 3.10. The van der Waals surface area contributed by atoms with Crippen LogP contribution in [0, 0.1) is 0 Å². The monoisotopic (exact) mass is 313 g/mol. The van der Waals surface area contributed by atoms with Crippen molar-refractivity contribution in [2.24, 2.45) is 0 Å². The van der Waals surface area contributed by atoms with Crippen LogP contribution in [-0.4, -0.2) is 27.9 Å². The first-order chi connectivity index (χ1) is 10.1. The number of thioether (sulfide) groups is 1. The van der Waals surface area contributed by atoms with E-state index in [2.05, 4.69) is 20.0 Å². The van der Waals surface area contributed by atoms with Crippen molar-refractivity contribution < 1.29 is 18.6 Å². The van der Waals surface area contributed by atoms with E-state index in [4.69, 9.17) is 0 Å². The Morgan fingerprint density at radius 1 is 1.33 bits per heavy atom. The normalized spacial score (nSPS) is 10.7. The number of aromatic nitrogens is 2. The molecule has 0 saturated heterocycles. The summed E-state index contributed by atoms with van der Waals surface area (Å²) in [6.07, 6.45) is 3.38. The SMILES string of the molecule is CSc1ncc(CO)c(Nc2ccc(OC(F)F)cc2)n1. The molecule has 2 rings (SSSR count). The number of hydrogen-bond donors (Lipinski definition) is 2. The fourth-order valence-corrected chi connectivity index (χ4v) is 1.91. The van der Waals surface area contributed by atoms with Crippen molar-refractivity contribution in [3.8, 4) is 5.75 Å². The van der Waals surface area contributed by atoms with Gasteiger partial charge in [0.2, 0.25) is 0 Å². The molecule has 1 aromatic carbocycles. The van der Waals surface area contributed by atoms with Crippen molar-refractivity contribution in [1.29, 1.82) is 0 Å². The van der Waals surface area contributed by atoms with Crippen LogP contribution in [0.4, 0.5) is 20.3 Å². The molecule has 0 amide bonds. The standard InChI is InChI=1S/C13H13F2N3O2S/c1-21-13-16-6-8(7-19)11(18-13)17-9-2-4-10(5-3-9)20-12(14)15/h2-6,12,19H,7H2,1H3,(H,16,17,18). The van der Waals surface area contributed by atoms with Crippen LogP contribution in [-0.2, 0) is 6.61 Å². The molecule has 1 heterocycles. The zero-order valence-corrected chi connectivity index (χ0v) is 11.9. The van der Waals surface area contributed by atoms with Crippen molar-refractivity contribution in [2.75, 3.05) is 11.6 Å². The second-order valence-electron chi connectivity index (χ2n) is 3.92.